The maximum Gasteiger partial charge on any atom is 0.152 e. The van der Waals surface area contributed by atoms with Gasteiger partial charge in [-0.25, -0.2) is 9.67 Å². The largest absolute Gasteiger partial charge is 0.497 e. The molecule has 2 rings (SSSR count). The van der Waals surface area contributed by atoms with Gasteiger partial charge in [0.2, 0.25) is 0 Å². The van der Waals surface area contributed by atoms with E-state index in [0.717, 1.165) is 17.3 Å². The molecule has 0 bridgehead atoms. The van der Waals surface area contributed by atoms with Gasteiger partial charge in [-0.05, 0) is 18.7 Å². The summed E-state index contributed by atoms with van der Waals surface area (Å²) in [5, 5.41) is 4.32. The standard InChI is InChI=1S/C11H14N4O/c1-16-10-4-2-3-9(7-10)15-8-13-11(14-15)5-6-12/h2-4,7-8H,5-6,12H2,1H3. The molecule has 2 aromatic rings. The Hall–Kier alpha value is -1.88. The van der Waals surface area contributed by atoms with Crippen LogP contribution in [0.15, 0.2) is 30.6 Å². The molecule has 0 radical (unpaired) electrons. The van der Waals surface area contributed by atoms with E-state index in [9.17, 15) is 0 Å². The van der Waals surface area contributed by atoms with E-state index >= 15 is 0 Å². The van der Waals surface area contributed by atoms with Gasteiger partial charge in [-0.1, -0.05) is 6.07 Å². The summed E-state index contributed by atoms with van der Waals surface area (Å²) in [6, 6.07) is 7.66. The topological polar surface area (TPSA) is 66.0 Å². The SMILES string of the molecule is COc1cccc(-n2cnc(CCN)n2)c1. The molecule has 0 amide bonds. The van der Waals surface area contributed by atoms with Crippen LogP contribution in [0.2, 0.25) is 0 Å². The summed E-state index contributed by atoms with van der Waals surface area (Å²) < 4.78 is 6.86. The highest BCUT2D eigenvalue weighted by Crippen LogP contribution is 2.15. The van der Waals surface area contributed by atoms with Crippen LogP contribution in [0.3, 0.4) is 0 Å². The lowest BCUT2D eigenvalue weighted by Crippen LogP contribution is -2.05. The molecule has 1 heterocycles. The Balaban J connectivity index is 2.27. The highest BCUT2D eigenvalue weighted by Gasteiger charge is 2.02. The molecule has 0 aliphatic heterocycles. The van der Waals surface area contributed by atoms with Crippen molar-refractivity contribution in [1.29, 1.82) is 0 Å². The Morgan fingerprint density at radius 2 is 2.31 bits per heavy atom. The number of benzene rings is 1. The molecule has 84 valence electrons. The van der Waals surface area contributed by atoms with Gasteiger partial charge in [-0.15, -0.1) is 0 Å². The zero-order valence-corrected chi connectivity index (χ0v) is 9.13. The zero-order chi connectivity index (χ0) is 11.4. The molecule has 0 aliphatic rings. The molecule has 0 saturated carbocycles. The summed E-state index contributed by atoms with van der Waals surface area (Å²) in [5.41, 5.74) is 6.37. The summed E-state index contributed by atoms with van der Waals surface area (Å²) in [4.78, 5) is 4.17. The van der Waals surface area contributed by atoms with Crippen LogP contribution in [-0.4, -0.2) is 28.4 Å². The van der Waals surface area contributed by atoms with E-state index in [2.05, 4.69) is 10.1 Å². The second-order valence-corrected chi connectivity index (χ2v) is 3.35. The molecular formula is C11H14N4O. The molecule has 0 spiro atoms. The van der Waals surface area contributed by atoms with Crippen LogP contribution < -0.4 is 10.5 Å². The van der Waals surface area contributed by atoms with Crippen molar-refractivity contribution in [3.8, 4) is 11.4 Å². The first kappa shape index (κ1) is 10.6. The fourth-order valence-corrected chi connectivity index (χ4v) is 1.42. The number of nitrogens with zero attached hydrogens (tertiary/aromatic N) is 3. The Labute approximate surface area is 93.9 Å². The lowest BCUT2D eigenvalue weighted by atomic mass is 10.3. The molecule has 0 unspecified atom stereocenters. The third-order valence-electron chi connectivity index (χ3n) is 2.23. The van der Waals surface area contributed by atoms with Gasteiger partial charge in [0, 0.05) is 12.5 Å². The molecule has 5 nitrogen and oxygen atoms in total. The number of ether oxygens (including phenoxy) is 1. The molecule has 0 aliphatic carbocycles. The van der Waals surface area contributed by atoms with Crippen molar-refractivity contribution in [1.82, 2.24) is 14.8 Å². The second-order valence-electron chi connectivity index (χ2n) is 3.35. The minimum Gasteiger partial charge on any atom is -0.497 e. The number of hydrogen-bond donors (Lipinski definition) is 1. The molecule has 0 atom stereocenters. The van der Waals surface area contributed by atoms with Crippen LogP contribution in [0, 0.1) is 0 Å². The van der Waals surface area contributed by atoms with E-state index < -0.39 is 0 Å². The molecule has 0 saturated heterocycles. The van der Waals surface area contributed by atoms with Crippen LogP contribution in [0.4, 0.5) is 0 Å². The highest BCUT2D eigenvalue weighted by atomic mass is 16.5. The second kappa shape index (κ2) is 4.76. The van der Waals surface area contributed by atoms with Gasteiger partial charge in [0.15, 0.2) is 5.82 Å². The molecule has 16 heavy (non-hydrogen) atoms. The molecular weight excluding hydrogens is 204 g/mol. The lowest BCUT2D eigenvalue weighted by Gasteiger charge is -2.03. The fourth-order valence-electron chi connectivity index (χ4n) is 1.42. The van der Waals surface area contributed by atoms with E-state index in [-0.39, 0.29) is 0 Å². The number of hydrogen-bond acceptors (Lipinski definition) is 4. The van der Waals surface area contributed by atoms with Crippen LogP contribution in [0.25, 0.3) is 5.69 Å². The normalized spacial score (nSPS) is 10.4. The average Bonchev–Trinajstić information content (AvgIpc) is 2.78. The number of aromatic nitrogens is 3. The molecule has 1 aromatic carbocycles. The van der Waals surface area contributed by atoms with Crippen molar-refractivity contribution in [3.63, 3.8) is 0 Å². The minimum atomic E-state index is 0.558. The van der Waals surface area contributed by atoms with Gasteiger partial charge in [-0.3, -0.25) is 0 Å². The van der Waals surface area contributed by atoms with E-state index in [1.54, 1.807) is 18.1 Å². The van der Waals surface area contributed by atoms with E-state index in [1.165, 1.54) is 0 Å². The quantitative estimate of drug-likeness (QED) is 0.823. The first-order chi connectivity index (χ1) is 7.83. The van der Waals surface area contributed by atoms with Crippen molar-refractivity contribution in [3.05, 3.63) is 36.4 Å². The highest BCUT2D eigenvalue weighted by molar-refractivity contribution is 5.38. The third-order valence-corrected chi connectivity index (χ3v) is 2.23. The molecule has 2 N–H and O–H groups in total. The average molecular weight is 218 g/mol. The number of methoxy groups -OCH3 is 1. The predicted octanol–water partition coefficient (Wildman–Crippen LogP) is 0.777. The summed E-state index contributed by atoms with van der Waals surface area (Å²) >= 11 is 0. The third kappa shape index (κ3) is 2.20. The van der Waals surface area contributed by atoms with Crippen LogP contribution in [0.5, 0.6) is 5.75 Å². The Bertz CT molecular complexity index is 467. The number of nitrogens with two attached hydrogens (primary N) is 1. The molecule has 1 aromatic heterocycles. The molecule has 5 heteroatoms. The van der Waals surface area contributed by atoms with Crippen molar-refractivity contribution < 1.29 is 4.74 Å². The Morgan fingerprint density at radius 1 is 1.44 bits per heavy atom. The van der Waals surface area contributed by atoms with Gasteiger partial charge in [0.25, 0.3) is 0 Å². The van der Waals surface area contributed by atoms with E-state index in [4.69, 9.17) is 10.5 Å². The summed E-state index contributed by atoms with van der Waals surface area (Å²) in [5.74, 6) is 1.55. The van der Waals surface area contributed by atoms with Crippen molar-refractivity contribution in [2.75, 3.05) is 13.7 Å². The summed E-state index contributed by atoms with van der Waals surface area (Å²) in [6.45, 7) is 0.558. The van der Waals surface area contributed by atoms with E-state index in [1.807, 2.05) is 24.3 Å². The summed E-state index contributed by atoms with van der Waals surface area (Å²) in [7, 11) is 1.64. The van der Waals surface area contributed by atoms with Gasteiger partial charge < -0.3 is 10.5 Å². The van der Waals surface area contributed by atoms with Gasteiger partial charge in [0.05, 0.1) is 12.8 Å². The van der Waals surface area contributed by atoms with Crippen LogP contribution >= 0.6 is 0 Å². The Kier molecular flexibility index (Phi) is 3.16. The maximum absolute atomic E-state index is 5.44. The van der Waals surface area contributed by atoms with Crippen molar-refractivity contribution >= 4 is 0 Å². The monoisotopic (exact) mass is 218 g/mol. The van der Waals surface area contributed by atoms with Crippen LogP contribution in [-0.2, 0) is 6.42 Å². The van der Waals surface area contributed by atoms with Gasteiger partial charge in [-0.2, -0.15) is 5.10 Å². The van der Waals surface area contributed by atoms with Gasteiger partial charge >= 0.3 is 0 Å². The molecule has 0 fully saturated rings. The Morgan fingerprint density at radius 3 is 3.06 bits per heavy atom. The van der Waals surface area contributed by atoms with Gasteiger partial charge in [0.1, 0.15) is 12.1 Å². The van der Waals surface area contributed by atoms with Crippen molar-refractivity contribution in [2.24, 2.45) is 5.73 Å². The maximum atomic E-state index is 5.44. The first-order valence-corrected chi connectivity index (χ1v) is 5.08. The minimum absolute atomic E-state index is 0.558. The summed E-state index contributed by atoms with van der Waals surface area (Å²) in [6.07, 6.45) is 2.37. The smallest absolute Gasteiger partial charge is 0.152 e. The van der Waals surface area contributed by atoms with E-state index in [0.29, 0.717) is 13.0 Å². The zero-order valence-electron chi connectivity index (χ0n) is 9.13. The first-order valence-electron chi connectivity index (χ1n) is 5.08. The number of rotatable bonds is 4. The van der Waals surface area contributed by atoms with Crippen molar-refractivity contribution in [2.45, 2.75) is 6.42 Å². The fraction of sp³-hybridized carbons (Fsp3) is 0.273. The lowest BCUT2D eigenvalue weighted by molar-refractivity contribution is 0.414. The van der Waals surface area contributed by atoms with Crippen LogP contribution in [0.1, 0.15) is 5.82 Å². The predicted molar refractivity (Wildman–Crippen MR) is 60.7 cm³/mol.